The number of aliphatic hydroxyl groups excluding tert-OH is 1. The molecule has 3 nitrogen and oxygen atoms in total. The molecular formula is C21H27NO2. The smallest absolute Gasteiger partial charge is 0.119 e. The Morgan fingerprint density at radius 3 is 2.33 bits per heavy atom. The van der Waals surface area contributed by atoms with E-state index in [1.807, 2.05) is 30.3 Å². The van der Waals surface area contributed by atoms with Gasteiger partial charge in [-0.25, -0.2) is 0 Å². The molecule has 24 heavy (non-hydrogen) atoms. The molecule has 0 aromatic heterocycles. The van der Waals surface area contributed by atoms with Crippen LogP contribution in [0.2, 0.25) is 0 Å². The molecule has 1 N–H and O–H groups in total. The predicted molar refractivity (Wildman–Crippen MR) is 97.2 cm³/mol. The molecule has 2 aromatic rings. The second-order valence-corrected chi connectivity index (χ2v) is 6.55. The fourth-order valence-electron chi connectivity index (χ4n) is 3.26. The Morgan fingerprint density at radius 2 is 1.58 bits per heavy atom. The quantitative estimate of drug-likeness (QED) is 0.843. The van der Waals surface area contributed by atoms with Crippen LogP contribution in [0.15, 0.2) is 54.6 Å². The minimum atomic E-state index is -0.0860. The van der Waals surface area contributed by atoms with Gasteiger partial charge in [-0.15, -0.1) is 0 Å². The van der Waals surface area contributed by atoms with Crippen LogP contribution in [0.3, 0.4) is 0 Å². The summed E-state index contributed by atoms with van der Waals surface area (Å²) in [6.45, 7) is 3.79. The number of nitrogens with zero attached hydrogens (tertiary/aromatic N) is 1. The maximum Gasteiger partial charge on any atom is 0.119 e. The van der Waals surface area contributed by atoms with E-state index < -0.39 is 0 Å². The normalized spacial score (nSPS) is 16.2. The minimum absolute atomic E-state index is 0.0860. The number of rotatable bonds is 7. The SMILES string of the molecule is OC1CCN(CCCc2ccccc2COc2ccccc2)CC1. The first-order chi connectivity index (χ1) is 11.8. The van der Waals surface area contributed by atoms with Crippen molar-refractivity contribution >= 4 is 0 Å². The summed E-state index contributed by atoms with van der Waals surface area (Å²) in [5, 5.41) is 9.58. The second kappa shape index (κ2) is 8.86. The lowest BCUT2D eigenvalue weighted by Gasteiger charge is -2.29. The molecule has 128 valence electrons. The zero-order valence-corrected chi connectivity index (χ0v) is 14.2. The number of hydrogen-bond acceptors (Lipinski definition) is 3. The van der Waals surface area contributed by atoms with Crippen LogP contribution in [-0.4, -0.2) is 35.7 Å². The van der Waals surface area contributed by atoms with Gasteiger partial charge in [-0.3, -0.25) is 0 Å². The molecule has 2 aromatic carbocycles. The van der Waals surface area contributed by atoms with Crippen LogP contribution in [0.5, 0.6) is 5.75 Å². The first-order valence-corrected chi connectivity index (χ1v) is 8.96. The Hall–Kier alpha value is -1.84. The third-order valence-corrected chi connectivity index (χ3v) is 4.73. The average Bonchev–Trinajstić information content (AvgIpc) is 2.63. The van der Waals surface area contributed by atoms with Crippen molar-refractivity contribution in [3.8, 4) is 5.75 Å². The molecular weight excluding hydrogens is 298 g/mol. The van der Waals surface area contributed by atoms with Crippen LogP contribution in [0.1, 0.15) is 30.4 Å². The highest BCUT2D eigenvalue weighted by atomic mass is 16.5. The van der Waals surface area contributed by atoms with Crippen molar-refractivity contribution in [1.29, 1.82) is 0 Å². The maximum atomic E-state index is 9.58. The standard InChI is InChI=1S/C21H27NO2/c23-20-12-15-22(16-13-20)14-6-9-18-7-4-5-8-19(18)17-24-21-10-2-1-3-11-21/h1-5,7-8,10-11,20,23H,6,9,12-17H2. The monoisotopic (exact) mass is 325 g/mol. The molecule has 3 heteroatoms. The van der Waals surface area contributed by atoms with Gasteiger partial charge in [0.05, 0.1) is 6.10 Å². The highest BCUT2D eigenvalue weighted by Crippen LogP contribution is 2.17. The van der Waals surface area contributed by atoms with Gasteiger partial charge in [0.2, 0.25) is 0 Å². The first kappa shape index (κ1) is 17.0. The van der Waals surface area contributed by atoms with Gasteiger partial charge in [0.25, 0.3) is 0 Å². The number of ether oxygens (including phenoxy) is 1. The number of benzene rings is 2. The third-order valence-electron chi connectivity index (χ3n) is 4.73. The van der Waals surface area contributed by atoms with E-state index in [0.29, 0.717) is 6.61 Å². The molecule has 0 saturated carbocycles. The molecule has 0 bridgehead atoms. The third kappa shape index (κ3) is 5.08. The van der Waals surface area contributed by atoms with Crippen molar-refractivity contribution < 1.29 is 9.84 Å². The van der Waals surface area contributed by atoms with E-state index in [2.05, 4.69) is 29.2 Å². The number of hydrogen-bond donors (Lipinski definition) is 1. The van der Waals surface area contributed by atoms with Crippen molar-refractivity contribution in [3.05, 3.63) is 65.7 Å². The number of aliphatic hydroxyl groups is 1. The van der Waals surface area contributed by atoms with E-state index >= 15 is 0 Å². The summed E-state index contributed by atoms with van der Waals surface area (Å²) in [5.74, 6) is 0.916. The topological polar surface area (TPSA) is 32.7 Å². The minimum Gasteiger partial charge on any atom is -0.489 e. The van der Waals surface area contributed by atoms with E-state index in [-0.39, 0.29) is 6.10 Å². The Kier molecular flexibility index (Phi) is 6.27. The number of likely N-dealkylation sites (tertiary alicyclic amines) is 1. The molecule has 3 rings (SSSR count). The summed E-state index contributed by atoms with van der Waals surface area (Å²) in [4.78, 5) is 2.47. The van der Waals surface area contributed by atoms with Crippen molar-refractivity contribution in [2.75, 3.05) is 19.6 Å². The fourth-order valence-corrected chi connectivity index (χ4v) is 3.26. The van der Waals surface area contributed by atoms with Gasteiger partial charge in [0.1, 0.15) is 12.4 Å². The van der Waals surface area contributed by atoms with Crippen molar-refractivity contribution in [2.24, 2.45) is 0 Å². The molecule has 0 unspecified atom stereocenters. The van der Waals surface area contributed by atoms with E-state index in [4.69, 9.17) is 4.74 Å². The molecule has 1 heterocycles. The molecule has 1 aliphatic rings. The summed E-state index contributed by atoms with van der Waals surface area (Å²) in [6.07, 6.45) is 3.98. The van der Waals surface area contributed by atoms with E-state index in [0.717, 1.165) is 51.1 Å². The van der Waals surface area contributed by atoms with Crippen LogP contribution >= 0.6 is 0 Å². The highest BCUT2D eigenvalue weighted by Gasteiger charge is 2.16. The molecule has 0 amide bonds. The van der Waals surface area contributed by atoms with Crippen LogP contribution in [0, 0.1) is 0 Å². The molecule has 0 aliphatic carbocycles. The molecule has 0 radical (unpaired) electrons. The van der Waals surface area contributed by atoms with Gasteiger partial charge in [0, 0.05) is 13.1 Å². The zero-order chi connectivity index (χ0) is 16.6. The predicted octanol–water partition coefficient (Wildman–Crippen LogP) is 3.65. The maximum absolute atomic E-state index is 9.58. The van der Waals surface area contributed by atoms with Crippen molar-refractivity contribution in [2.45, 2.75) is 38.4 Å². The summed E-state index contributed by atoms with van der Waals surface area (Å²) >= 11 is 0. The van der Waals surface area contributed by atoms with Gasteiger partial charge >= 0.3 is 0 Å². The van der Waals surface area contributed by atoms with Gasteiger partial charge in [-0.2, -0.15) is 0 Å². The Labute approximate surface area is 144 Å². The number of para-hydroxylation sites is 1. The first-order valence-electron chi connectivity index (χ1n) is 8.96. The lowest BCUT2D eigenvalue weighted by Crippen LogP contribution is -2.36. The van der Waals surface area contributed by atoms with E-state index in [1.165, 1.54) is 11.1 Å². The highest BCUT2D eigenvalue weighted by molar-refractivity contribution is 5.28. The average molecular weight is 325 g/mol. The van der Waals surface area contributed by atoms with Crippen molar-refractivity contribution in [1.82, 2.24) is 4.90 Å². The Bertz CT molecular complexity index is 606. The van der Waals surface area contributed by atoms with Gasteiger partial charge in [0.15, 0.2) is 0 Å². The molecule has 0 atom stereocenters. The van der Waals surface area contributed by atoms with Crippen LogP contribution in [-0.2, 0) is 13.0 Å². The molecule has 0 spiro atoms. The lowest BCUT2D eigenvalue weighted by atomic mass is 10.0. The molecule has 1 fully saturated rings. The summed E-state index contributed by atoms with van der Waals surface area (Å²) in [7, 11) is 0. The molecule has 1 aliphatic heterocycles. The van der Waals surface area contributed by atoms with E-state index in [1.54, 1.807) is 0 Å². The van der Waals surface area contributed by atoms with E-state index in [9.17, 15) is 5.11 Å². The summed E-state index contributed by atoms with van der Waals surface area (Å²) in [5.41, 5.74) is 2.65. The summed E-state index contributed by atoms with van der Waals surface area (Å²) < 4.78 is 5.90. The van der Waals surface area contributed by atoms with Crippen molar-refractivity contribution in [3.63, 3.8) is 0 Å². The van der Waals surface area contributed by atoms with Gasteiger partial charge < -0.3 is 14.7 Å². The van der Waals surface area contributed by atoms with Crippen LogP contribution < -0.4 is 4.74 Å². The number of piperidine rings is 1. The fraction of sp³-hybridized carbons (Fsp3) is 0.429. The number of aryl methyl sites for hydroxylation is 1. The lowest BCUT2D eigenvalue weighted by molar-refractivity contribution is 0.0821. The van der Waals surface area contributed by atoms with Crippen LogP contribution in [0.25, 0.3) is 0 Å². The second-order valence-electron chi connectivity index (χ2n) is 6.55. The summed E-state index contributed by atoms with van der Waals surface area (Å²) in [6, 6.07) is 18.5. The Morgan fingerprint density at radius 1 is 0.917 bits per heavy atom. The zero-order valence-electron chi connectivity index (χ0n) is 14.2. The Balaban J connectivity index is 1.48. The van der Waals surface area contributed by atoms with Crippen LogP contribution in [0.4, 0.5) is 0 Å². The molecule has 1 saturated heterocycles. The van der Waals surface area contributed by atoms with Gasteiger partial charge in [-0.1, -0.05) is 42.5 Å². The van der Waals surface area contributed by atoms with Gasteiger partial charge in [-0.05, 0) is 55.5 Å². The largest absolute Gasteiger partial charge is 0.489 e.